The number of rotatable bonds is 8. The number of nitrogens with zero attached hydrogens (tertiary/aromatic N) is 2. The Morgan fingerprint density at radius 2 is 1.91 bits per heavy atom. The lowest BCUT2D eigenvalue weighted by Gasteiger charge is -2.11. The lowest BCUT2D eigenvalue weighted by Crippen LogP contribution is -2.16. The van der Waals surface area contributed by atoms with Crippen molar-refractivity contribution in [3.05, 3.63) is 98.9 Å². The topological polar surface area (TPSA) is 103 Å². The maximum absolute atomic E-state index is 12.4. The number of hydrogen-bond donors (Lipinski definition) is 1. The fourth-order valence-electron chi connectivity index (χ4n) is 3.10. The van der Waals surface area contributed by atoms with Crippen molar-refractivity contribution in [3.8, 4) is 11.5 Å². The Hall–Kier alpha value is -4.24. The number of nitro benzene ring substituents is 1. The summed E-state index contributed by atoms with van der Waals surface area (Å²) in [6.07, 6.45) is 1.50. The molecule has 4 rings (SSSR count). The van der Waals surface area contributed by atoms with Crippen LogP contribution < -0.4 is 14.9 Å². The fourth-order valence-corrected chi connectivity index (χ4v) is 4.03. The molecule has 0 saturated heterocycles. The van der Waals surface area contributed by atoms with E-state index in [-0.39, 0.29) is 5.69 Å². The van der Waals surface area contributed by atoms with E-state index in [1.54, 1.807) is 37.4 Å². The van der Waals surface area contributed by atoms with E-state index in [9.17, 15) is 14.9 Å². The van der Waals surface area contributed by atoms with E-state index in [1.807, 2.05) is 30.3 Å². The van der Waals surface area contributed by atoms with Crippen molar-refractivity contribution in [2.45, 2.75) is 6.61 Å². The van der Waals surface area contributed by atoms with Crippen LogP contribution >= 0.6 is 11.3 Å². The van der Waals surface area contributed by atoms with Gasteiger partial charge in [0.2, 0.25) is 0 Å². The molecular weight excluding hydrogens is 442 g/mol. The lowest BCUT2D eigenvalue weighted by molar-refractivity contribution is -0.384. The predicted octanol–water partition coefficient (Wildman–Crippen LogP) is 5.16. The second-order valence-electron chi connectivity index (χ2n) is 6.97. The molecule has 3 aromatic carbocycles. The molecule has 0 spiro atoms. The van der Waals surface area contributed by atoms with Crippen LogP contribution in [0.15, 0.2) is 77.9 Å². The number of nitrogens with one attached hydrogen (secondary N) is 1. The first kappa shape index (κ1) is 22.0. The van der Waals surface area contributed by atoms with Gasteiger partial charge in [-0.05, 0) is 41.5 Å². The van der Waals surface area contributed by atoms with E-state index in [0.29, 0.717) is 33.9 Å². The van der Waals surface area contributed by atoms with Crippen molar-refractivity contribution in [2.75, 3.05) is 7.11 Å². The smallest absolute Gasteiger partial charge is 0.281 e. The molecule has 8 nitrogen and oxygen atoms in total. The summed E-state index contributed by atoms with van der Waals surface area (Å²) in [6.45, 7) is 0.416. The highest BCUT2D eigenvalue weighted by Gasteiger charge is 2.13. The molecule has 0 aliphatic heterocycles. The summed E-state index contributed by atoms with van der Waals surface area (Å²) in [5.41, 5.74) is 4.22. The largest absolute Gasteiger partial charge is 0.493 e. The highest BCUT2D eigenvalue weighted by Crippen LogP contribution is 2.29. The molecule has 0 fully saturated rings. The standard InChI is InChI=1S/C24H19N3O5S/c1-31-21-11-17(7-9-20(21)32-15-16-5-3-2-4-6-16)14-25-26-24(28)23-13-18-12-19(27(29)30)8-10-22(18)33-23/h2-14H,15H2,1H3,(H,26,28)/b25-14-. The Kier molecular flexibility index (Phi) is 6.61. The van der Waals surface area contributed by atoms with E-state index in [1.165, 1.54) is 29.7 Å². The van der Waals surface area contributed by atoms with Gasteiger partial charge in [0.05, 0.1) is 23.1 Å². The second-order valence-corrected chi connectivity index (χ2v) is 8.06. The first-order valence-electron chi connectivity index (χ1n) is 9.89. The Balaban J connectivity index is 1.40. The molecule has 166 valence electrons. The number of amides is 1. The van der Waals surface area contributed by atoms with E-state index in [4.69, 9.17) is 9.47 Å². The van der Waals surface area contributed by atoms with Crippen LogP contribution in [0.2, 0.25) is 0 Å². The summed E-state index contributed by atoms with van der Waals surface area (Å²) < 4.78 is 12.0. The number of thiophene rings is 1. The third-order valence-electron chi connectivity index (χ3n) is 4.74. The molecule has 1 heterocycles. The molecule has 1 amide bonds. The van der Waals surface area contributed by atoms with Gasteiger partial charge in [0, 0.05) is 22.2 Å². The number of benzene rings is 3. The number of carbonyl (C=O) groups excluding carboxylic acids is 1. The van der Waals surface area contributed by atoms with Crippen molar-refractivity contribution in [3.63, 3.8) is 0 Å². The molecule has 0 saturated carbocycles. The van der Waals surface area contributed by atoms with Crippen LogP contribution in [0.5, 0.6) is 11.5 Å². The van der Waals surface area contributed by atoms with Gasteiger partial charge in [0.1, 0.15) is 6.61 Å². The molecule has 9 heteroatoms. The molecule has 0 aliphatic carbocycles. The summed E-state index contributed by atoms with van der Waals surface area (Å²) in [6, 6.07) is 21.3. The van der Waals surface area contributed by atoms with Crippen molar-refractivity contribution in [1.82, 2.24) is 5.43 Å². The summed E-state index contributed by atoms with van der Waals surface area (Å²) in [7, 11) is 1.55. The van der Waals surface area contributed by atoms with Crippen molar-refractivity contribution < 1.29 is 19.2 Å². The van der Waals surface area contributed by atoms with Gasteiger partial charge in [-0.1, -0.05) is 30.3 Å². The van der Waals surface area contributed by atoms with E-state index >= 15 is 0 Å². The minimum Gasteiger partial charge on any atom is -0.493 e. The fraction of sp³-hybridized carbons (Fsp3) is 0.0833. The Labute approximate surface area is 193 Å². The van der Waals surface area contributed by atoms with Gasteiger partial charge in [-0.3, -0.25) is 14.9 Å². The number of fused-ring (bicyclic) bond motifs is 1. The second kappa shape index (κ2) is 9.92. The number of methoxy groups -OCH3 is 1. The van der Waals surface area contributed by atoms with Crippen LogP contribution in [0.4, 0.5) is 5.69 Å². The van der Waals surface area contributed by atoms with Gasteiger partial charge >= 0.3 is 0 Å². The zero-order valence-electron chi connectivity index (χ0n) is 17.6. The van der Waals surface area contributed by atoms with Gasteiger partial charge in [-0.15, -0.1) is 11.3 Å². The minimum atomic E-state index is -0.465. The normalized spacial score (nSPS) is 10.9. The number of non-ortho nitro benzene ring substituents is 1. The van der Waals surface area contributed by atoms with Crippen LogP contribution in [-0.4, -0.2) is 24.2 Å². The summed E-state index contributed by atoms with van der Waals surface area (Å²) in [5, 5.41) is 15.6. The maximum atomic E-state index is 12.4. The quantitative estimate of drug-likeness (QED) is 0.222. The number of hydrogen-bond acceptors (Lipinski definition) is 7. The summed E-state index contributed by atoms with van der Waals surface area (Å²) in [4.78, 5) is 23.3. The van der Waals surface area contributed by atoms with Gasteiger partial charge < -0.3 is 9.47 Å². The maximum Gasteiger partial charge on any atom is 0.281 e. The van der Waals surface area contributed by atoms with Crippen LogP contribution in [0.3, 0.4) is 0 Å². The first-order chi connectivity index (χ1) is 16.0. The van der Waals surface area contributed by atoms with E-state index in [0.717, 1.165) is 10.3 Å². The van der Waals surface area contributed by atoms with Crippen LogP contribution in [0.1, 0.15) is 20.8 Å². The molecular formula is C24H19N3O5S. The zero-order valence-corrected chi connectivity index (χ0v) is 18.4. The number of hydrazone groups is 1. The third-order valence-corrected chi connectivity index (χ3v) is 5.85. The van der Waals surface area contributed by atoms with Gasteiger partial charge in [0.15, 0.2) is 11.5 Å². The zero-order chi connectivity index (χ0) is 23.2. The van der Waals surface area contributed by atoms with E-state index in [2.05, 4.69) is 10.5 Å². The Bertz CT molecular complexity index is 1330. The van der Waals surface area contributed by atoms with Crippen molar-refractivity contribution in [2.24, 2.45) is 5.10 Å². The number of ether oxygens (including phenoxy) is 2. The highest BCUT2D eigenvalue weighted by atomic mass is 32.1. The van der Waals surface area contributed by atoms with Crippen LogP contribution in [0.25, 0.3) is 10.1 Å². The molecule has 0 aliphatic rings. The molecule has 1 aromatic heterocycles. The highest BCUT2D eigenvalue weighted by molar-refractivity contribution is 7.20. The van der Waals surface area contributed by atoms with Crippen molar-refractivity contribution >= 4 is 39.2 Å². The number of nitro groups is 1. The molecule has 0 atom stereocenters. The lowest BCUT2D eigenvalue weighted by atomic mass is 10.2. The molecule has 0 bridgehead atoms. The molecule has 1 N–H and O–H groups in total. The van der Waals surface area contributed by atoms with Crippen molar-refractivity contribution in [1.29, 1.82) is 0 Å². The predicted molar refractivity (Wildman–Crippen MR) is 127 cm³/mol. The third kappa shape index (κ3) is 5.34. The van der Waals surface area contributed by atoms with Gasteiger partial charge in [-0.2, -0.15) is 5.10 Å². The number of carbonyl (C=O) groups is 1. The van der Waals surface area contributed by atoms with Gasteiger partial charge in [-0.25, -0.2) is 5.43 Å². The average Bonchev–Trinajstić information content (AvgIpc) is 3.27. The summed E-state index contributed by atoms with van der Waals surface area (Å²) >= 11 is 1.24. The first-order valence-corrected chi connectivity index (χ1v) is 10.7. The van der Waals surface area contributed by atoms with Gasteiger partial charge in [0.25, 0.3) is 11.6 Å². The molecule has 0 radical (unpaired) electrons. The minimum absolute atomic E-state index is 0.0181. The SMILES string of the molecule is COc1cc(/C=N\NC(=O)c2cc3cc([N+](=O)[O-])ccc3s2)ccc1OCc1ccccc1. The summed E-state index contributed by atoms with van der Waals surface area (Å²) in [5.74, 6) is 0.749. The molecule has 33 heavy (non-hydrogen) atoms. The molecule has 0 unspecified atom stereocenters. The molecule has 4 aromatic rings. The van der Waals surface area contributed by atoms with Crippen LogP contribution in [-0.2, 0) is 6.61 Å². The van der Waals surface area contributed by atoms with Crippen LogP contribution in [0, 0.1) is 10.1 Å². The Morgan fingerprint density at radius 1 is 1.09 bits per heavy atom. The average molecular weight is 461 g/mol. The Morgan fingerprint density at radius 3 is 2.67 bits per heavy atom. The van der Waals surface area contributed by atoms with E-state index < -0.39 is 10.8 Å². The monoisotopic (exact) mass is 461 g/mol.